The quantitative estimate of drug-likeness (QED) is 0.774. The van der Waals surface area contributed by atoms with Gasteiger partial charge in [0.2, 0.25) is 0 Å². The van der Waals surface area contributed by atoms with Crippen LogP contribution in [0.1, 0.15) is 61.0 Å². The van der Waals surface area contributed by atoms with E-state index in [0.717, 1.165) is 24.7 Å². The van der Waals surface area contributed by atoms with Crippen molar-refractivity contribution in [2.24, 2.45) is 5.92 Å². The van der Waals surface area contributed by atoms with Gasteiger partial charge < -0.3 is 10.1 Å². The van der Waals surface area contributed by atoms with E-state index < -0.39 is 0 Å². The average Bonchev–Trinajstić information content (AvgIpc) is 2.97. The van der Waals surface area contributed by atoms with Gasteiger partial charge in [0, 0.05) is 24.4 Å². The molecule has 1 aliphatic carbocycles. The van der Waals surface area contributed by atoms with Crippen molar-refractivity contribution in [3.8, 4) is 0 Å². The maximum atomic E-state index is 5.29. The highest BCUT2D eigenvalue weighted by molar-refractivity contribution is 7.11. The smallest absolute Gasteiger partial charge is 0.0963 e. The molecule has 2 atom stereocenters. The monoisotopic (exact) mass is 282 g/mol. The molecule has 0 spiro atoms. The molecule has 0 amide bonds. The van der Waals surface area contributed by atoms with Crippen molar-refractivity contribution in [3.05, 3.63) is 15.6 Å². The Bertz CT molecular complexity index is 391. The van der Waals surface area contributed by atoms with Gasteiger partial charge >= 0.3 is 0 Å². The van der Waals surface area contributed by atoms with E-state index in [0.29, 0.717) is 12.5 Å². The van der Waals surface area contributed by atoms with Crippen LogP contribution in [-0.2, 0) is 17.9 Å². The fourth-order valence-corrected chi connectivity index (χ4v) is 3.96. The highest BCUT2D eigenvalue weighted by Gasteiger charge is 2.26. The molecule has 108 valence electrons. The highest BCUT2D eigenvalue weighted by Crippen LogP contribution is 2.40. The standard InChI is InChI=1S/C15H26N2OS/c1-4-7-16-9-14-13(10-18-3)17-15(19-14)12-6-5-11(2)8-12/h11-12,16H,4-10H2,1-3H3. The van der Waals surface area contributed by atoms with Gasteiger partial charge in [-0.25, -0.2) is 4.98 Å². The van der Waals surface area contributed by atoms with Gasteiger partial charge in [0.15, 0.2) is 0 Å². The summed E-state index contributed by atoms with van der Waals surface area (Å²) in [7, 11) is 1.75. The van der Waals surface area contributed by atoms with Gasteiger partial charge in [-0.1, -0.05) is 20.3 Å². The normalized spacial score (nSPS) is 23.1. The van der Waals surface area contributed by atoms with Crippen molar-refractivity contribution < 1.29 is 4.74 Å². The molecule has 0 bridgehead atoms. The molecule has 1 aromatic heterocycles. The van der Waals surface area contributed by atoms with Crippen LogP contribution >= 0.6 is 11.3 Å². The van der Waals surface area contributed by atoms with Crippen LogP contribution in [0.5, 0.6) is 0 Å². The summed E-state index contributed by atoms with van der Waals surface area (Å²) in [5.41, 5.74) is 1.14. The molecule has 0 aliphatic heterocycles. The second-order valence-corrected chi connectivity index (χ2v) is 6.76. The Balaban J connectivity index is 2.05. The fourth-order valence-electron chi connectivity index (χ4n) is 2.78. The number of nitrogens with one attached hydrogen (secondary N) is 1. The summed E-state index contributed by atoms with van der Waals surface area (Å²) < 4.78 is 5.29. The second-order valence-electron chi connectivity index (χ2n) is 5.65. The number of ether oxygens (including phenoxy) is 1. The van der Waals surface area contributed by atoms with Crippen LogP contribution in [0.2, 0.25) is 0 Å². The lowest BCUT2D eigenvalue weighted by molar-refractivity contribution is 0.181. The maximum absolute atomic E-state index is 5.29. The molecule has 1 fully saturated rings. The van der Waals surface area contributed by atoms with Gasteiger partial charge in [-0.2, -0.15) is 0 Å². The van der Waals surface area contributed by atoms with E-state index in [4.69, 9.17) is 9.72 Å². The van der Waals surface area contributed by atoms with E-state index in [-0.39, 0.29) is 0 Å². The van der Waals surface area contributed by atoms with Crippen LogP contribution < -0.4 is 5.32 Å². The minimum atomic E-state index is 0.641. The third kappa shape index (κ3) is 4.01. The molecule has 1 aromatic rings. The Kier molecular flexibility index (Phi) is 5.79. The first-order valence-corrected chi connectivity index (χ1v) is 8.24. The van der Waals surface area contributed by atoms with Gasteiger partial charge in [-0.3, -0.25) is 0 Å². The Morgan fingerprint density at radius 1 is 1.42 bits per heavy atom. The van der Waals surface area contributed by atoms with E-state index in [1.165, 1.54) is 35.6 Å². The molecule has 0 aromatic carbocycles. The molecule has 19 heavy (non-hydrogen) atoms. The highest BCUT2D eigenvalue weighted by atomic mass is 32.1. The van der Waals surface area contributed by atoms with Gasteiger partial charge in [0.25, 0.3) is 0 Å². The predicted octanol–water partition coefficient (Wildman–Crippen LogP) is 3.69. The van der Waals surface area contributed by atoms with Crippen LogP contribution in [0.4, 0.5) is 0 Å². The van der Waals surface area contributed by atoms with Crippen molar-refractivity contribution in [1.29, 1.82) is 0 Å². The number of hydrogen-bond acceptors (Lipinski definition) is 4. The van der Waals surface area contributed by atoms with E-state index in [2.05, 4.69) is 19.2 Å². The topological polar surface area (TPSA) is 34.2 Å². The zero-order valence-corrected chi connectivity index (χ0v) is 13.2. The first-order valence-electron chi connectivity index (χ1n) is 7.42. The SMILES string of the molecule is CCCNCc1sc(C2CCC(C)C2)nc1COC. The zero-order chi connectivity index (χ0) is 13.7. The molecule has 3 nitrogen and oxygen atoms in total. The van der Waals surface area contributed by atoms with Crippen LogP contribution in [0.3, 0.4) is 0 Å². The van der Waals surface area contributed by atoms with Gasteiger partial charge in [-0.15, -0.1) is 11.3 Å². The molecule has 0 radical (unpaired) electrons. The van der Waals surface area contributed by atoms with E-state index in [1.54, 1.807) is 7.11 Å². The largest absolute Gasteiger partial charge is 0.378 e. The molecular formula is C15H26N2OS. The number of nitrogens with zero attached hydrogens (tertiary/aromatic N) is 1. The zero-order valence-electron chi connectivity index (χ0n) is 12.4. The minimum Gasteiger partial charge on any atom is -0.378 e. The Labute approximate surface area is 120 Å². The number of hydrogen-bond donors (Lipinski definition) is 1. The average molecular weight is 282 g/mol. The molecule has 2 rings (SSSR count). The molecule has 4 heteroatoms. The number of aromatic nitrogens is 1. The van der Waals surface area contributed by atoms with Crippen molar-refractivity contribution >= 4 is 11.3 Å². The summed E-state index contributed by atoms with van der Waals surface area (Å²) in [4.78, 5) is 6.21. The molecule has 1 heterocycles. The summed E-state index contributed by atoms with van der Waals surface area (Å²) in [5, 5.41) is 4.82. The Morgan fingerprint density at radius 3 is 2.89 bits per heavy atom. The van der Waals surface area contributed by atoms with Gasteiger partial charge in [0.1, 0.15) is 0 Å². The van der Waals surface area contributed by atoms with Crippen LogP contribution in [0.15, 0.2) is 0 Å². The summed E-state index contributed by atoms with van der Waals surface area (Å²) in [6.07, 6.45) is 5.14. The lowest BCUT2D eigenvalue weighted by atomic mass is 10.1. The third-order valence-electron chi connectivity index (χ3n) is 3.83. The first-order chi connectivity index (χ1) is 9.24. The second kappa shape index (κ2) is 7.36. The first kappa shape index (κ1) is 14.9. The molecule has 1 N–H and O–H groups in total. The number of methoxy groups -OCH3 is 1. The molecule has 0 saturated heterocycles. The van der Waals surface area contributed by atoms with Gasteiger partial charge in [0.05, 0.1) is 17.3 Å². The summed E-state index contributed by atoms with van der Waals surface area (Å²) in [6, 6.07) is 0. The molecular weight excluding hydrogens is 256 g/mol. The number of thiazole rings is 1. The number of rotatable bonds is 7. The van der Waals surface area contributed by atoms with E-state index in [1.807, 2.05) is 11.3 Å². The predicted molar refractivity (Wildman–Crippen MR) is 80.6 cm³/mol. The Hall–Kier alpha value is -0.450. The van der Waals surface area contributed by atoms with Crippen LogP contribution in [0, 0.1) is 5.92 Å². The fraction of sp³-hybridized carbons (Fsp3) is 0.800. The van der Waals surface area contributed by atoms with Crippen LogP contribution in [0.25, 0.3) is 0 Å². The minimum absolute atomic E-state index is 0.641. The van der Waals surface area contributed by atoms with Crippen molar-refractivity contribution in [2.45, 2.75) is 58.6 Å². The van der Waals surface area contributed by atoms with Crippen molar-refractivity contribution in [3.63, 3.8) is 0 Å². The molecule has 2 unspecified atom stereocenters. The van der Waals surface area contributed by atoms with E-state index >= 15 is 0 Å². The van der Waals surface area contributed by atoms with Crippen LogP contribution in [-0.4, -0.2) is 18.6 Å². The third-order valence-corrected chi connectivity index (χ3v) is 5.09. The van der Waals surface area contributed by atoms with Gasteiger partial charge in [-0.05, 0) is 31.7 Å². The molecule has 1 saturated carbocycles. The molecule has 1 aliphatic rings. The summed E-state index contributed by atoms with van der Waals surface area (Å²) >= 11 is 1.90. The lowest BCUT2D eigenvalue weighted by Crippen LogP contribution is -2.14. The Morgan fingerprint density at radius 2 is 2.26 bits per heavy atom. The van der Waals surface area contributed by atoms with Crippen molar-refractivity contribution in [1.82, 2.24) is 10.3 Å². The summed E-state index contributed by atoms with van der Waals surface area (Å²) in [5.74, 6) is 1.55. The van der Waals surface area contributed by atoms with Crippen molar-refractivity contribution in [2.75, 3.05) is 13.7 Å². The summed E-state index contributed by atoms with van der Waals surface area (Å²) in [6.45, 7) is 7.20. The van der Waals surface area contributed by atoms with E-state index in [9.17, 15) is 0 Å². The maximum Gasteiger partial charge on any atom is 0.0963 e. The lowest BCUT2D eigenvalue weighted by Gasteiger charge is -2.04.